The molecule has 0 bridgehead atoms. The monoisotopic (exact) mass is 346 g/mol. The molecule has 0 saturated carbocycles. The molecule has 1 fully saturated rings. The van der Waals surface area contributed by atoms with Crippen molar-refractivity contribution in [2.75, 3.05) is 33.2 Å². The topological polar surface area (TPSA) is 64.6 Å². The minimum absolute atomic E-state index is 0.152. The number of nitrogens with one attached hydrogen (secondary N) is 3. The maximum atomic E-state index is 4.42. The highest BCUT2D eigenvalue weighted by Crippen LogP contribution is 2.12. The van der Waals surface area contributed by atoms with Crippen LogP contribution in [0.2, 0.25) is 0 Å². The van der Waals surface area contributed by atoms with Gasteiger partial charge in [0, 0.05) is 57.5 Å². The van der Waals surface area contributed by atoms with Gasteiger partial charge in [-0.3, -0.25) is 14.9 Å². The molecule has 0 atom stereocenters. The lowest BCUT2D eigenvalue weighted by Crippen LogP contribution is -2.50. The van der Waals surface area contributed by atoms with E-state index in [4.69, 9.17) is 0 Å². The summed E-state index contributed by atoms with van der Waals surface area (Å²) >= 11 is 0. The van der Waals surface area contributed by atoms with Crippen molar-refractivity contribution >= 4 is 5.96 Å². The van der Waals surface area contributed by atoms with Gasteiger partial charge in [-0.1, -0.05) is 6.07 Å². The van der Waals surface area contributed by atoms with E-state index in [1.807, 2.05) is 19.3 Å². The summed E-state index contributed by atoms with van der Waals surface area (Å²) in [7, 11) is 1.84. The Kier molecular flexibility index (Phi) is 7.65. The molecule has 0 radical (unpaired) electrons. The van der Waals surface area contributed by atoms with Crippen LogP contribution >= 0.6 is 0 Å². The van der Waals surface area contributed by atoms with Gasteiger partial charge in [-0.05, 0) is 45.7 Å². The highest BCUT2D eigenvalue weighted by Gasteiger charge is 2.20. The third-order valence-electron chi connectivity index (χ3n) is 4.34. The second-order valence-corrected chi connectivity index (χ2v) is 7.69. The van der Waals surface area contributed by atoms with Crippen LogP contribution in [-0.4, -0.2) is 60.7 Å². The van der Waals surface area contributed by atoms with Gasteiger partial charge >= 0.3 is 0 Å². The summed E-state index contributed by atoms with van der Waals surface area (Å²) in [5.74, 6) is 0.902. The summed E-state index contributed by atoms with van der Waals surface area (Å²) in [6.07, 6.45) is 4.13. The number of aliphatic imine (C=N–C) groups is 1. The summed E-state index contributed by atoms with van der Waals surface area (Å²) in [5.41, 5.74) is 1.30. The van der Waals surface area contributed by atoms with Crippen molar-refractivity contribution in [2.24, 2.45) is 4.99 Å². The van der Waals surface area contributed by atoms with E-state index in [9.17, 15) is 0 Å². The standard InChI is InChI=1S/C19H34N6/c1-19(2,3)23-12-11-22-18(20-4)24-16-8-13-25(14-9-16)15-17-7-5-6-10-21-17/h5-7,10,16,23H,8-9,11-15H2,1-4H3,(H2,20,22,24). The minimum Gasteiger partial charge on any atom is -0.355 e. The molecule has 3 N–H and O–H groups in total. The molecule has 2 rings (SSSR count). The molecular weight excluding hydrogens is 312 g/mol. The number of likely N-dealkylation sites (tertiary alicyclic amines) is 1. The van der Waals surface area contributed by atoms with Crippen LogP contribution in [0.4, 0.5) is 0 Å². The van der Waals surface area contributed by atoms with E-state index >= 15 is 0 Å². The molecule has 1 aliphatic rings. The highest BCUT2D eigenvalue weighted by molar-refractivity contribution is 5.79. The predicted molar refractivity (Wildman–Crippen MR) is 105 cm³/mol. The Balaban J connectivity index is 1.66. The first-order chi connectivity index (χ1) is 12.0. The van der Waals surface area contributed by atoms with Gasteiger partial charge < -0.3 is 16.0 Å². The van der Waals surface area contributed by atoms with Crippen LogP contribution in [0.1, 0.15) is 39.3 Å². The minimum atomic E-state index is 0.152. The number of piperidine rings is 1. The fourth-order valence-corrected chi connectivity index (χ4v) is 2.96. The smallest absolute Gasteiger partial charge is 0.191 e. The Labute approximate surface area is 152 Å². The summed E-state index contributed by atoms with van der Waals surface area (Å²) in [6.45, 7) is 11.5. The van der Waals surface area contributed by atoms with Crippen molar-refractivity contribution < 1.29 is 0 Å². The van der Waals surface area contributed by atoms with Crippen molar-refractivity contribution in [3.8, 4) is 0 Å². The number of aromatic nitrogens is 1. The molecule has 0 amide bonds. The van der Waals surface area contributed by atoms with Gasteiger partial charge in [-0.2, -0.15) is 0 Å². The van der Waals surface area contributed by atoms with Crippen LogP contribution in [-0.2, 0) is 6.54 Å². The van der Waals surface area contributed by atoms with Crippen LogP contribution < -0.4 is 16.0 Å². The Morgan fingerprint density at radius 2 is 2.00 bits per heavy atom. The molecule has 1 aliphatic heterocycles. The number of guanidine groups is 1. The number of pyridine rings is 1. The first kappa shape index (κ1) is 19.7. The van der Waals surface area contributed by atoms with E-state index in [1.54, 1.807) is 0 Å². The summed E-state index contributed by atoms with van der Waals surface area (Å²) in [6, 6.07) is 6.61. The van der Waals surface area contributed by atoms with Crippen molar-refractivity contribution in [1.82, 2.24) is 25.8 Å². The van der Waals surface area contributed by atoms with Gasteiger partial charge in [0.2, 0.25) is 0 Å². The zero-order chi connectivity index (χ0) is 18.1. The first-order valence-corrected chi connectivity index (χ1v) is 9.31. The average molecular weight is 347 g/mol. The second-order valence-electron chi connectivity index (χ2n) is 7.69. The lowest BCUT2D eigenvalue weighted by atomic mass is 10.0. The van der Waals surface area contributed by atoms with E-state index in [1.165, 1.54) is 0 Å². The number of nitrogens with zero attached hydrogens (tertiary/aromatic N) is 3. The normalized spacial score (nSPS) is 17.5. The van der Waals surface area contributed by atoms with Crippen molar-refractivity contribution in [3.63, 3.8) is 0 Å². The van der Waals surface area contributed by atoms with Crippen molar-refractivity contribution in [3.05, 3.63) is 30.1 Å². The van der Waals surface area contributed by atoms with E-state index in [-0.39, 0.29) is 5.54 Å². The van der Waals surface area contributed by atoms with Gasteiger partial charge in [0.15, 0.2) is 5.96 Å². The first-order valence-electron chi connectivity index (χ1n) is 9.31. The molecule has 1 saturated heterocycles. The Bertz CT molecular complexity index is 514. The summed E-state index contributed by atoms with van der Waals surface area (Å²) in [4.78, 5) is 11.2. The average Bonchev–Trinajstić information content (AvgIpc) is 2.59. The number of hydrogen-bond donors (Lipinski definition) is 3. The molecule has 140 valence electrons. The Morgan fingerprint density at radius 3 is 2.60 bits per heavy atom. The summed E-state index contributed by atoms with van der Waals surface area (Å²) < 4.78 is 0. The fourth-order valence-electron chi connectivity index (χ4n) is 2.96. The SMILES string of the molecule is CN=C(NCCNC(C)(C)C)NC1CCN(Cc2ccccn2)CC1. The van der Waals surface area contributed by atoms with E-state index in [0.29, 0.717) is 6.04 Å². The van der Waals surface area contributed by atoms with Gasteiger partial charge in [0.05, 0.1) is 5.69 Å². The fraction of sp³-hybridized carbons (Fsp3) is 0.684. The van der Waals surface area contributed by atoms with E-state index in [2.05, 4.69) is 63.7 Å². The molecule has 0 aliphatic carbocycles. The summed E-state index contributed by atoms with van der Waals surface area (Å²) in [5, 5.41) is 10.4. The molecule has 0 spiro atoms. The number of hydrogen-bond acceptors (Lipinski definition) is 4. The third-order valence-corrected chi connectivity index (χ3v) is 4.34. The zero-order valence-corrected chi connectivity index (χ0v) is 16.2. The Hall–Kier alpha value is -1.66. The van der Waals surface area contributed by atoms with Crippen LogP contribution in [0.15, 0.2) is 29.4 Å². The van der Waals surface area contributed by atoms with E-state index in [0.717, 1.165) is 57.2 Å². The predicted octanol–water partition coefficient (Wildman–Crippen LogP) is 1.60. The van der Waals surface area contributed by atoms with Gasteiger partial charge in [-0.15, -0.1) is 0 Å². The molecule has 0 aromatic carbocycles. The zero-order valence-electron chi connectivity index (χ0n) is 16.2. The van der Waals surface area contributed by atoms with Crippen LogP contribution in [0.25, 0.3) is 0 Å². The lowest BCUT2D eigenvalue weighted by molar-refractivity contribution is 0.196. The highest BCUT2D eigenvalue weighted by atomic mass is 15.2. The maximum absolute atomic E-state index is 4.42. The van der Waals surface area contributed by atoms with Crippen LogP contribution in [0.3, 0.4) is 0 Å². The molecule has 1 aromatic rings. The van der Waals surface area contributed by atoms with Gasteiger partial charge in [0.25, 0.3) is 0 Å². The number of rotatable bonds is 6. The molecule has 6 nitrogen and oxygen atoms in total. The Morgan fingerprint density at radius 1 is 1.24 bits per heavy atom. The second kappa shape index (κ2) is 9.73. The third kappa shape index (κ3) is 7.84. The largest absolute Gasteiger partial charge is 0.355 e. The molecule has 0 unspecified atom stereocenters. The van der Waals surface area contributed by atoms with Gasteiger partial charge in [-0.25, -0.2) is 0 Å². The van der Waals surface area contributed by atoms with Gasteiger partial charge in [0.1, 0.15) is 0 Å². The quantitative estimate of drug-likeness (QED) is 0.415. The maximum Gasteiger partial charge on any atom is 0.191 e. The molecule has 6 heteroatoms. The lowest BCUT2D eigenvalue weighted by Gasteiger charge is -2.33. The molecule has 25 heavy (non-hydrogen) atoms. The van der Waals surface area contributed by atoms with Crippen molar-refractivity contribution in [2.45, 2.75) is 51.7 Å². The molecule has 2 heterocycles. The molecule has 1 aromatic heterocycles. The van der Waals surface area contributed by atoms with Crippen LogP contribution in [0.5, 0.6) is 0 Å². The van der Waals surface area contributed by atoms with Crippen molar-refractivity contribution in [1.29, 1.82) is 0 Å². The molecular formula is C19H34N6. The van der Waals surface area contributed by atoms with E-state index < -0.39 is 0 Å². The van der Waals surface area contributed by atoms with Crippen LogP contribution in [0, 0.1) is 0 Å².